The molecule has 11 heavy (non-hydrogen) atoms. The first kappa shape index (κ1) is 8.92. The fourth-order valence-electron chi connectivity index (χ4n) is 0.844. The first-order chi connectivity index (χ1) is 5.17. The largest absolute Gasteiger partial charge is 0.361 e. The third-order valence-corrected chi connectivity index (χ3v) is 4.96. The average Bonchev–Trinajstić information content (AvgIpc) is 2.06. The van der Waals surface area contributed by atoms with Crippen LogP contribution in [0, 0.1) is 0 Å². The van der Waals surface area contributed by atoms with Gasteiger partial charge in [0.05, 0.1) is 6.26 Å². The van der Waals surface area contributed by atoms with Crippen LogP contribution in [0.4, 0.5) is 0 Å². The number of hydrogen-bond acceptors (Lipinski definition) is 1. The third kappa shape index (κ3) is 2.13. The summed E-state index contributed by atoms with van der Waals surface area (Å²) in [5.41, 5.74) is 0. The summed E-state index contributed by atoms with van der Waals surface area (Å²) in [6.45, 7) is 1.92. The molecule has 0 aliphatic carbocycles. The molecule has 1 unspecified atom stereocenters. The minimum absolute atomic E-state index is 0.673. The molecule has 0 amide bonds. The quantitative estimate of drug-likeness (QED) is 0.710. The molecule has 60 valence electrons. The summed E-state index contributed by atoms with van der Waals surface area (Å²) in [7, 11) is 0. The van der Waals surface area contributed by atoms with Crippen LogP contribution in [0.3, 0.4) is 0 Å². The van der Waals surface area contributed by atoms with Crippen molar-refractivity contribution in [1.29, 1.82) is 0 Å². The molecule has 0 saturated carbocycles. The van der Waals surface area contributed by atoms with Crippen LogP contribution < -0.4 is 5.30 Å². The van der Waals surface area contributed by atoms with Crippen LogP contribution in [0.15, 0.2) is 30.3 Å². The molecule has 0 aromatic heterocycles. The van der Waals surface area contributed by atoms with E-state index in [4.69, 9.17) is 11.8 Å². The fraction of sp³-hybridized carbons (Fsp3) is 0.250. The van der Waals surface area contributed by atoms with Crippen LogP contribution >= 0.6 is 6.26 Å². The van der Waals surface area contributed by atoms with Crippen LogP contribution in [0.5, 0.6) is 0 Å². The highest BCUT2D eigenvalue weighted by Crippen LogP contribution is 2.38. The summed E-state index contributed by atoms with van der Waals surface area (Å²) in [5, 5.41) is 0.914. The van der Waals surface area contributed by atoms with E-state index in [9.17, 15) is 4.89 Å². The number of hydrogen-bond donors (Lipinski definition) is 1. The molecule has 1 aromatic carbocycles. The maximum Gasteiger partial charge on any atom is 0.0911 e. The molecule has 0 saturated heterocycles. The highest BCUT2D eigenvalue weighted by molar-refractivity contribution is 8.15. The van der Waals surface area contributed by atoms with Crippen molar-refractivity contribution in [2.75, 3.05) is 6.16 Å². The molecule has 1 nitrogen and oxygen atoms in total. The van der Waals surface area contributed by atoms with E-state index < -0.39 is 6.26 Å². The van der Waals surface area contributed by atoms with Crippen molar-refractivity contribution in [3.05, 3.63) is 30.3 Å². The molecule has 1 rings (SSSR count). The van der Waals surface area contributed by atoms with Crippen molar-refractivity contribution in [1.82, 2.24) is 0 Å². The van der Waals surface area contributed by atoms with E-state index in [1.54, 1.807) is 0 Å². The van der Waals surface area contributed by atoms with Gasteiger partial charge in [-0.05, 0) is 0 Å². The molecule has 0 spiro atoms. The predicted octanol–water partition coefficient (Wildman–Crippen LogP) is 1.72. The van der Waals surface area contributed by atoms with Gasteiger partial charge in [-0.1, -0.05) is 49.1 Å². The van der Waals surface area contributed by atoms with Crippen LogP contribution in [0.2, 0.25) is 0 Å². The first-order valence-corrected chi connectivity index (χ1v) is 6.48. The van der Waals surface area contributed by atoms with Gasteiger partial charge in [0.2, 0.25) is 0 Å². The molecule has 3 heteroatoms. The van der Waals surface area contributed by atoms with E-state index in [1.165, 1.54) is 0 Å². The van der Waals surface area contributed by atoms with Gasteiger partial charge in [0.15, 0.2) is 0 Å². The molecule has 0 heterocycles. The van der Waals surface area contributed by atoms with Gasteiger partial charge in [0.25, 0.3) is 0 Å². The summed E-state index contributed by atoms with van der Waals surface area (Å²) in [5.74, 6) is 0. The summed E-state index contributed by atoms with van der Waals surface area (Å²) in [6.07, 6.45) is -1.52. The molecule has 1 atom stereocenters. The lowest BCUT2D eigenvalue weighted by molar-refractivity contribution is 0.633. The minimum atomic E-state index is -2.19. The normalized spacial score (nSPS) is 15.8. The number of rotatable bonds is 2. The second-order valence-corrected chi connectivity index (χ2v) is 6.72. The van der Waals surface area contributed by atoms with Crippen molar-refractivity contribution in [2.45, 2.75) is 6.92 Å². The average molecular weight is 186 g/mol. The van der Waals surface area contributed by atoms with Crippen molar-refractivity contribution >= 4 is 23.4 Å². The standard InChI is InChI=1S/C8H11OPS/c1-2-10(9,11)8-6-4-3-5-7-8/h3-7H,2H2,1H3,(H,9,11). The predicted molar refractivity (Wildman–Crippen MR) is 53.1 cm³/mol. The van der Waals surface area contributed by atoms with E-state index >= 15 is 0 Å². The molecule has 0 aliphatic heterocycles. The van der Waals surface area contributed by atoms with Gasteiger partial charge in [-0.3, -0.25) is 0 Å². The molecule has 0 fully saturated rings. The Labute approximate surface area is 72.2 Å². The van der Waals surface area contributed by atoms with Crippen molar-refractivity contribution < 1.29 is 4.89 Å². The van der Waals surface area contributed by atoms with Crippen molar-refractivity contribution in [3.63, 3.8) is 0 Å². The highest BCUT2D eigenvalue weighted by atomic mass is 32.4. The van der Waals surface area contributed by atoms with Crippen LogP contribution in [-0.2, 0) is 11.8 Å². The Kier molecular flexibility index (Phi) is 2.83. The topological polar surface area (TPSA) is 20.2 Å². The van der Waals surface area contributed by atoms with Gasteiger partial charge in [-0.25, -0.2) is 0 Å². The summed E-state index contributed by atoms with van der Waals surface area (Å²) >= 11 is 5.08. The lowest BCUT2D eigenvalue weighted by atomic mass is 10.4. The van der Waals surface area contributed by atoms with Gasteiger partial charge < -0.3 is 4.89 Å². The zero-order valence-corrected chi connectivity index (χ0v) is 8.11. The van der Waals surface area contributed by atoms with Crippen molar-refractivity contribution in [3.8, 4) is 0 Å². The zero-order valence-electron chi connectivity index (χ0n) is 6.40. The second kappa shape index (κ2) is 3.48. The van der Waals surface area contributed by atoms with Crippen molar-refractivity contribution in [2.24, 2.45) is 0 Å². The second-order valence-electron chi connectivity index (χ2n) is 2.35. The Morgan fingerprint density at radius 3 is 2.36 bits per heavy atom. The molecule has 0 radical (unpaired) electrons. The number of benzene rings is 1. The van der Waals surface area contributed by atoms with E-state index in [-0.39, 0.29) is 0 Å². The van der Waals surface area contributed by atoms with E-state index in [0.717, 1.165) is 5.30 Å². The Balaban J connectivity index is 3.03. The Hall–Kier alpha value is -0.170. The third-order valence-electron chi connectivity index (χ3n) is 1.59. The van der Waals surface area contributed by atoms with E-state index in [2.05, 4.69) is 0 Å². The Morgan fingerprint density at radius 2 is 1.91 bits per heavy atom. The summed E-state index contributed by atoms with van der Waals surface area (Å²) in [6, 6.07) is 9.52. The van der Waals surface area contributed by atoms with Gasteiger partial charge in [0.1, 0.15) is 0 Å². The van der Waals surface area contributed by atoms with Crippen LogP contribution in [0.25, 0.3) is 0 Å². The maximum absolute atomic E-state index is 9.72. The molecular weight excluding hydrogens is 175 g/mol. The smallest absolute Gasteiger partial charge is 0.0911 e. The molecule has 1 aromatic rings. The summed E-state index contributed by atoms with van der Waals surface area (Å²) in [4.78, 5) is 9.72. The van der Waals surface area contributed by atoms with Gasteiger partial charge in [-0.2, -0.15) is 0 Å². The first-order valence-electron chi connectivity index (χ1n) is 3.54. The minimum Gasteiger partial charge on any atom is -0.361 e. The molecule has 0 aliphatic rings. The lowest BCUT2D eigenvalue weighted by Crippen LogP contribution is -2.03. The van der Waals surface area contributed by atoms with Crippen LogP contribution in [0.1, 0.15) is 6.92 Å². The fourth-order valence-corrected chi connectivity index (χ4v) is 2.21. The summed E-state index contributed by atoms with van der Waals surface area (Å²) < 4.78 is 0. The maximum atomic E-state index is 9.72. The van der Waals surface area contributed by atoms with E-state index in [0.29, 0.717) is 6.16 Å². The van der Waals surface area contributed by atoms with Crippen LogP contribution in [-0.4, -0.2) is 11.1 Å². The molecule has 0 bridgehead atoms. The van der Waals surface area contributed by atoms with E-state index in [1.807, 2.05) is 37.3 Å². The van der Waals surface area contributed by atoms with Gasteiger partial charge >= 0.3 is 0 Å². The Morgan fingerprint density at radius 1 is 1.36 bits per heavy atom. The molecule has 1 N–H and O–H groups in total. The lowest BCUT2D eigenvalue weighted by Gasteiger charge is -2.11. The monoisotopic (exact) mass is 186 g/mol. The zero-order chi connectivity index (χ0) is 8.32. The van der Waals surface area contributed by atoms with Gasteiger partial charge in [0, 0.05) is 11.5 Å². The van der Waals surface area contributed by atoms with Gasteiger partial charge in [-0.15, -0.1) is 0 Å². The highest BCUT2D eigenvalue weighted by Gasteiger charge is 2.10. The molecular formula is C8H11OPS. The Bertz CT molecular complexity index is 271. The SMILES string of the molecule is CCP(O)(=S)c1ccccc1.